The number of benzene rings is 2. The van der Waals surface area contributed by atoms with Gasteiger partial charge >= 0.3 is 5.76 Å². The molecule has 3 rings (SSSR count). The second-order valence-electron chi connectivity index (χ2n) is 5.86. The van der Waals surface area contributed by atoms with E-state index in [1.165, 1.54) is 32.0 Å². The lowest BCUT2D eigenvalue weighted by molar-refractivity contribution is -0.121. The zero-order valence-corrected chi connectivity index (χ0v) is 16.3. The zero-order valence-electron chi connectivity index (χ0n) is 15.6. The fourth-order valence-corrected chi connectivity index (χ4v) is 2.98. The molecule has 0 saturated carbocycles. The molecule has 0 aliphatic rings. The third kappa shape index (κ3) is 3.91. The van der Waals surface area contributed by atoms with Gasteiger partial charge in [-0.15, -0.1) is 0 Å². The van der Waals surface area contributed by atoms with Crippen molar-refractivity contribution in [2.45, 2.75) is 13.1 Å². The SMILES string of the molecule is COc1cc(OC)c(OC)cc1CNC(=O)Cn1c(=O)oc2cc(Cl)ccc21. The summed E-state index contributed by atoms with van der Waals surface area (Å²) in [5.41, 5.74) is 1.52. The zero-order chi connectivity index (χ0) is 20.3. The highest BCUT2D eigenvalue weighted by Crippen LogP contribution is 2.34. The van der Waals surface area contributed by atoms with Gasteiger partial charge in [0, 0.05) is 29.3 Å². The number of ether oxygens (including phenoxy) is 3. The van der Waals surface area contributed by atoms with E-state index in [9.17, 15) is 9.59 Å². The van der Waals surface area contributed by atoms with Crippen LogP contribution in [0.25, 0.3) is 11.1 Å². The predicted octanol–water partition coefficient (Wildman–Crippen LogP) is 2.59. The number of amides is 1. The van der Waals surface area contributed by atoms with E-state index in [0.717, 1.165) is 0 Å². The number of hydrogen-bond donors (Lipinski definition) is 1. The molecule has 3 aromatic rings. The van der Waals surface area contributed by atoms with Gasteiger partial charge in [-0.2, -0.15) is 0 Å². The van der Waals surface area contributed by atoms with Gasteiger partial charge in [0.1, 0.15) is 12.3 Å². The van der Waals surface area contributed by atoms with Crippen LogP contribution in [-0.2, 0) is 17.9 Å². The molecule has 0 spiro atoms. The molecule has 9 heteroatoms. The Labute approximate surface area is 165 Å². The van der Waals surface area contributed by atoms with Crippen molar-refractivity contribution < 1.29 is 23.4 Å². The average Bonchev–Trinajstić information content (AvgIpc) is 2.99. The molecule has 0 aliphatic carbocycles. The second kappa shape index (κ2) is 8.26. The molecule has 0 unspecified atom stereocenters. The van der Waals surface area contributed by atoms with Gasteiger partial charge in [-0.05, 0) is 18.2 Å². The Balaban J connectivity index is 1.76. The standard InChI is InChI=1S/C19H19ClN2O6/c1-25-14-8-17(27-3)16(26-2)6-11(14)9-21-18(23)10-22-13-5-4-12(20)7-15(13)28-19(22)24/h4-8H,9-10H2,1-3H3,(H,21,23). The van der Waals surface area contributed by atoms with Crippen LogP contribution in [-0.4, -0.2) is 31.8 Å². The topological polar surface area (TPSA) is 91.9 Å². The first-order valence-corrected chi connectivity index (χ1v) is 8.69. The molecule has 1 N–H and O–H groups in total. The number of carbonyl (C=O) groups is 1. The highest BCUT2D eigenvalue weighted by molar-refractivity contribution is 6.31. The molecule has 0 aliphatic heterocycles. The Kier molecular flexibility index (Phi) is 5.79. The molecule has 28 heavy (non-hydrogen) atoms. The van der Waals surface area contributed by atoms with E-state index < -0.39 is 5.76 Å². The maximum absolute atomic E-state index is 12.4. The smallest absolute Gasteiger partial charge is 0.420 e. The Morgan fingerprint density at radius 1 is 1.07 bits per heavy atom. The minimum Gasteiger partial charge on any atom is -0.496 e. The van der Waals surface area contributed by atoms with Gasteiger partial charge in [-0.1, -0.05) is 11.6 Å². The number of rotatable bonds is 7. The van der Waals surface area contributed by atoms with Crippen LogP contribution < -0.4 is 25.3 Å². The van der Waals surface area contributed by atoms with Crippen LogP contribution in [0, 0.1) is 0 Å². The molecule has 1 amide bonds. The number of nitrogens with one attached hydrogen (secondary N) is 1. The van der Waals surface area contributed by atoms with Gasteiger partial charge in [0.2, 0.25) is 5.91 Å². The van der Waals surface area contributed by atoms with Crippen LogP contribution in [0.1, 0.15) is 5.56 Å². The van der Waals surface area contributed by atoms with Gasteiger partial charge in [-0.3, -0.25) is 9.36 Å². The van der Waals surface area contributed by atoms with Crippen molar-refractivity contribution in [3.63, 3.8) is 0 Å². The number of fused-ring (bicyclic) bond motifs is 1. The summed E-state index contributed by atoms with van der Waals surface area (Å²) in [5, 5.41) is 3.20. The van der Waals surface area contributed by atoms with Crippen LogP contribution in [0.3, 0.4) is 0 Å². The van der Waals surface area contributed by atoms with Crippen LogP contribution in [0.15, 0.2) is 39.5 Å². The number of carbonyl (C=O) groups excluding carboxylic acids is 1. The number of methoxy groups -OCH3 is 3. The quantitative estimate of drug-likeness (QED) is 0.648. The fraction of sp³-hybridized carbons (Fsp3) is 0.263. The molecule has 0 saturated heterocycles. The van der Waals surface area contributed by atoms with Crippen molar-refractivity contribution in [2.24, 2.45) is 0 Å². The van der Waals surface area contributed by atoms with Crippen molar-refractivity contribution in [3.05, 3.63) is 51.5 Å². The molecule has 8 nitrogen and oxygen atoms in total. The van der Waals surface area contributed by atoms with Crippen molar-refractivity contribution >= 4 is 28.6 Å². The molecular weight excluding hydrogens is 388 g/mol. The van der Waals surface area contributed by atoms with E-state index >= 15 is 0 Å². The highest BCUT2D eigenvalue weighted by Gasteiger charge is 2.15. The van der Waals surface area contributed by atoms with E-state index in [-0.39, 0.29) is 19.0 Å². The lowest BCUT2D eigenvalue weighted by Gasteiger charge is -2.14. The monoisotopic (exact) mass is 406 g/mol. The van der Waals surface area contributed by atoms with Gasteiger partial charge in [0.05, 0.1) is 26.8 Å². The number of hydrogen-bond acceptors (Lipinski definition) is 6. The van der Waals surface area contributed by atoms with Crippen LogP contribution in [0.5, 0.6) is 17.2 Å². The first kappa shape index (κ1) is 19.6. The maximum Gasteiger partial charge on any atom is 0.420 e. The molecule has 1 heterocycles. The predicted molar refractivity (Wildman–Crippen MR) is 103 cm³/mol. The van der Waals surface area contributed by atoms with Crippen LogP contribution in [0.4, 0.5) is 0 Å². The van der Waals surface area contributed by atoms with Crippen molar-refractivity contribution in [2.75, 3.05) is 21.3 Å². The molecule has 1 aromatic heterocycles. The van der Waals surface area contributed by atoms with E-state index in [1.54, 1.807) is 24.3 Å². The van der Waals surface area contributed by atoms with Crippen LogP contribution in [0.2, 0.25) is 5.02 Å². The summed E-state index contributed by atoms with van der Waals surface area (Å²) in [6, 6.07) is 8.19. The third-order valence-electron chi connectivity index (χ3n) is 4.19. The third-order valence-corrected chi connectivity index (χ3v) is 4.43. The summed E-state index contributed by atoms with van der Waals surface area (Å²) >= 11 is 5.90. The van der Waals surface area contributed by atoms with Crippen LogP contribution >= 0.6 is 11.6 Å². The molecule has 0 atom stereocenters. The second-order valence-corrected chi connectivity index (χ2v) is 6.30. The Hall–Kier alpha value is -3.13. The fourth-order valence-electron chi connectivity index (χ4n) is 2.81. The number of aromatic nitrogens is 1. The average molecular weight is 407 g/mol. The largest absolute Gasteiger partial charge is 0.496 e. The van der Waals surface area contributed by atoms with Gasteiger partial charge in [0.25, 0.3) is 0 Å². The molecule has 2 aromatic carbocycles. The molecule has 0 fully saturated rings. The molecule has 0 bridgehead atoms. The van der Waals surface area contributed by atoms with Gasteiger partial charge in [0.15, 0.2) is 17.1 Å². The van der Waals surface area contributed by atoms with E-state index in [4.69, 9.17) is 30.2 Å². The van der Waals surface area contributed by atoms with Crippen molar-refractivity contribution in [1.29, 1.82) is 0 Å². The Bertz CT molecular complexity index is 1070. The summed E-state index contributed by atoms with van der Waals surface area (Å²) < 4.78 is 22.2. The van der Waals surface area contributed by atoms with E-state index in [0.29, 0.717) is 38.9 Å². The van der Waals surface area contributed by atoms with E-state index in [2.05, 4.69) is 5.32 Å². The normalized spacial score (nSPS) is 10.7. The molecule has 148 valence electrons. The first-order valence-electron chi connectivity index (χ1n) is 8.31. The summed E-state index contributed by atoms with van der Waals surface area (Å²) in [6.45, 7) is -0.0121. The number of oxazole rings is 1. The molecular formula is C19H19ClN2O6. The summed E-state index contributed by atoms with van der Waals surface area (Å²) in [7, 11) is 4.57. The van der Waals surface area contributed by atoms with Crippen molar-refractivity contribution in [3.8, 4) is 17.2 Å². The summed E-state index contributed by atoms with van der Waals surface area (Å²) in [6.07, 6.45) is 0. The van der Waals surface area contributed by atoms with Crippen molar-refractivity contribution in [1.82, 2.24) is 9.88 Å². The summed E-state index contributed by atoms with van der Waals surface area (Å²) in [5.74, 6) is 0.581. The number of nitrogens with zero attached hydrogens (tertiary/aromatic N) is 1. The lowest BCUT2D eigenvalue weighted by Crippen LogP contribution is -2.30. The number of halogens is 1. The summed E-state index contributed by atoms with van der Waals surface area (Å²) in [4.78, 5) is 24.4. The molecule has 0 radical (unpaired) electrons. The van der Waals surface area contributed by atoms with Gasteiger partial charge < -0.3 is 23.9 Å². The minimum absolute atomic E-state index is 0.179. The Morgan fingerprint density at radius 2 is 1.75 bits per heavy atom. The van der Waals surface area contributed by atoms with Gasteiger partial charge in [-0.25, -0.2) is 4.79 Å². The minimum atomic E-state index is -0.629. The lowest BCUT2D eigenvalue weighted by atomic mass is 10.1. The van der Waals surface area contributed by atoms with E-state index in [1.807, 2.05) is 0 Å². The maximum atomic E-state index is 12.4. The first-order chi connectivity index (χ1) is 13.5. The highest BCUT2D eigenvalue weighted by atomic mass is 35.5. The Morgan fingerprint density at radius 3 is 2.43 bits per heavy atom.